The Kier molecular flexibility index (Phi) is 6.40. The van der Waals surface area contributed by atoms with Gasteiger partial charge in [-0.05, 0) is 73.7 Å². The quantitative estimate of drug-likeness (QED) is 0.637. The third-order valence-corrected chi connectivity index (χ3v) is 6.10. The van der Waals surface area contributed by atoms with Crippen molar-refractivity contribution in [2.24, 2.45) is 0 Å². The molecule has 2 heterocycles. The highest BCUT2D eigenvalue weighted by atomic mass is 19.1. The topological polar surface area (TPSA) is 71.4 Å². The predicted octanol–water partition coefficient (Wildman–Crippen LogP) is 4.22. The molecule has 6 nitrogen and oxygen atoms in total. The van der Waals surface area contributed by atoms with Crippen LogP contribution in [0.25, 0.3) is 0 Å². The zero-order valence-electron chi connectivity index (χ0n) is 18.7. The van der Waals surface area contributed by atoms with Gasteiger partial charge in [-0.2, -0.15) is 0 Å². The second-order valence-electron chi connectivity index (χ2n) is 8.44. The van der Waals surface area contributed by atoms with Gasteiger partial charge in [0, 0.05) is 24.5 Å². The summed E-state index contributed by atoms with van der Waals surface area (Å²) in [6, 6.07) is 14.4. The molecule has 1 fully saturated rings. The highest BCUT2D eigenvalue weighted by molar-refractivity contribution is 5.95. The van der Waals surface area contributed by atoms with Crippen LogP contribution in [-0.4, -0.2) is 27.8 Å². The highest BCUT2D eigenvalue weighted by Crippen LogP contribution is 2.33. The first kappa shape index (κ1) is 22.5. The number of hydrogen-bond acceptors (Lipinski definition) is 3. The minimum Gasteiger partial charge on any atom is -0.332 e. The Morgan fingerprint density at radius 2 is 1.79 bits per heavy atom. The molecule has 0 bridgehead atoms. The van der Waals surface area contributed by atoms with Crippen molar-refractivity contribution in [2.75, 3.05) is 11.9 Å². The summed E-state index contributed by atoms with van der Waals surface area (Å²) in [7, 11) is 0. The van der Waals surface area contributed by atoms with Crippen LogP contribution in [0.1, 0.15) is 45.9 Å². The van der Waals surface area contributed by atoms with Crippen LogP contribution in [0.15, 0.2) is 65.6 Å². The largest absolute Gasteiger partial charge is 0.332 e. The zero-order valence-corrected chi connectivity index (χ0v) is 18.7. The smallest absolute Gasteiger partial charge is 0.255 e. The molecule has 3 aromatic rings. The van der Waals surface area contributed by atoms with Crippen LogP contribution in [0.4, 0.5) is 10.1 Å². The van der Waals surface area contributed by atoms with E-state index in [0.717, 1.165) is 18.4 Å². The van der Waals surface area contributed by atoms with Crippen molar-refractivity contribution in [1.82, 2.24) is 9.47 Å². The van der Waals surface area contributed by atoms with E-state index in [2.05, 4.69) is 37.4 Å². The number of rotatable bonds is 5. The van der Waals surface area contributed by atoms with E-state index in [1.54, 1.807) is 0 Å². The van der Waals surface area contributed by atoms with Crippen molar-refractivity contribution in [3.8, 4) is 0 Å². The van der Waals surface area contributed by atoms with Gasteiger partial charge < -0.3 is 14.8 Å². The number of amides is 2. The lowest BCUT2D eigenvalue weighted by atomic mass is 9.99. The van der Waals surface area contributed by atoms with Crippen molar-refractivity contribution < 1.29 is 14.0 Å². The summed E-state index contributed by atoms with van der Waals surface area (Å²) >= 11 is 0. The Labute approximate surface area is 191 Å². The summed E-state index contributed by atoms with van der Waals surface area (Å²) in [6.45, 7) is 4.51. The molecule has 1 saturated heterocycles. The molecule has 1 atom stereocenters. The fourth-order valence-electron chi connectivity index (χ4n) is 4.16. The number of pyridine rings is 1. The molecule has 1 aromatic heterocycles. The van der Waals surface area contributed by atoms with E-state index < -0.39 is 11.7 Å². The van der Waals surface area contributed by atoms with Gasteiger partial charge in [0.2, 0.25) is 5.91 Å². The summed E-state index contributed by atoms with van der Waals surface area (Å²) in [5.41, 5.74) is 3.91. The Bertz CT molecular complexity index is 1250. The average Bonchev–Trinajstić information content (AvgIpc) is 3.28. The number of aryl methyl sites for hydroxylation is 2. The molecule has 0 aliphatic carbocycles. The van der Waals surface area contributed by atoms with Crippen LogP contribution in [-0.2, 0) is 11.3 Å². The Hall–Kier alpha value is -3.74. The minimum absolute atomic E-state index is 0.0149. The van der Waals surface area contributed by atoms with Crippen molar-refractivity contribution in [1.29, 1.82) is 0 Å². The van der Waals surface area contributed by atoms with Gasteiger partial charge >= 0.3 is 0 Å². The van der Waals surface area contributed by atoms with Crippen molar-refractivity contribution in [3.05, 3.63) is 99.2 Å². The number of anilines is 1. The normalized spacial score (nSPS) is 15.5. The van der Waals surface area contributed by atoms with Gasteiger partial charge in [-0.25, -0.2) is 4.39 Å². The summed E-state index contributed by atoms with van der Waals surface area (Å²) in [4.78, 5) is 39.9. The monoisotopic (exact) mass is 447 g/mol. The van der Waals surface area contributed by atoms with E-state index in [1.165, 1.54) is 58.3 Å². The molecular weight excluding hydrogens is 421 g/mol. The van der Waals surface area contributed by atoms with Gasteiger partial charge in [0.25, 0.3) is 11.5 Å². The van der Waals surface area contributed by atoms with Gasteiger partial charge in [0.05, 0.1) is 11.6 Å². The van der Waals surface area contributed by atoms with Gasteiger partial charge in [0.15, 0.2) is 0 Å². The molecule has 0 spiro atoms. The number of carbonyl (C=O) groups is 2. The van der Waals surface area contributed by atoms with E-state index in [4.69, 9.17) is 0 Å². The summed E-state index contributed by atoms with van der Waals surface area (Å²) in [6.07, 6.45) is 3.22. The number of benzene rings is 2. The number of nitrogens with zero attached hydrogens (tertiary/aromatic N) is 2. The first-order valence-corrected chi connectivity index (χ1v) is 11.0. The zero-order chi connectivity index (χ0) is 23.5. The molecule has 0 radical (unpaired) electrons. The molecule has 2 aromatic carbocycles. The van der Waals surface area contributed by atoms with Crippen LogP contribution in [0.2, 0.25) is 0 Å². The maximum atomic E-state index is 13.3. The molecule has 170 valence electrons. The summed E-state index contributed by atoms with van der Waals surface area (Å²) in [5.74, 6) is -1.01. The molecule has 33 heavy (non-hydrogen) atoms. The molecule has 1 aliphatic rings. The summed E-state index contributed by atoms with van der Waals surface area (Å²) in [5, 5.41) is 2.63. The van der Waals surface area contributed by atoms with Gasteiger partial charge in [-0.15, -0.1) is 0 Å². The van der Waals surface area contributed by atoms with E-state index in [0.29, 0.717) is 17.8 Å². The SMILES string of the molecule is Cc1ccc(C2CCCN2C(=O)c2ccc(=O)n(CC(=O)Nc3ccc(F)cc3)c2)cc1C. The lowest BCUT2D eigenvalue weighted by molar-refractivity contribution is -0.116. The van der Waals surface area contributed by atoms with E-state index in [1.807, 2.05) is 4.90 Å². The standard InChI is InChI=1S/C26H26FN3O3/c1-17-5-6-19(14-18(17)2)23-4-3-13-30(23)26(33)20-7-12-25(32)29(15-20)16-24(31)28-22-10-8-21(27)9-11-22/h5-12,14-15,23H,3-4,13,16H2,1-2H3,(H,28,31). The number of halogens is 1. The second-order valence-corrected chi connectivity index (χ2v) is 8.44. The maximum Gasteiger partial charge on any atom is 0.255 e. The Balaban J connectivity index is 1.51. The molecule has 0 saturated carbocycles. The van der Waals surface area contributed by atoms with Crippen molar-refractivity contribution in [3.63, 3.8) is 0 Å². The molecule has 1 N–H and O–H groups in total. The molecule has 1 unspecified atom stereocenters. The molecule has 4 rings (SSSR count). The van der Waals surface area contributed by atoms with Crippen LogP contribution in [0, 0.1) is 19.7 Å². The Morgan fingerprint density at radius 1 is 1.03 bits per heavy atom. The fraction of sp³-hybridized carbons (Fsp3) is 0.269. The van der Waals surface area contributed by atoms with Crippen LogP contribution in [0.5, 0.6) is 0 Å². The average molecular weight is 448 g/mol. The molecule has 1 aliphatic heterocycles. The Morgan fingerprint density at radius 3 is 2.52 bits per heavy atom. The van der Waals surface area contributed by atoms with E-state index in [9.17, 15) is 18.8 Å². The minimum atomic E-state index is -0.442. The number of likely N-dealkylation sites (tertiary alicyclic amines) is 1. The van der Waals surface area contributed by atoms with Crippen LogP contribution >= 0.6 is 0 Å². The highest BCUT2D eigenvalue weighted by Gasteiger charge is 2.31. The first-order chi connectivity index (χ1) is 15.8. The first-order valence-electron chi connectivity index (χ1n) is 11.0. The molecular formula is C26H26FN3O3. The molecule has 7 heteroatoms. The number of aromatic nitrogens is 1. The second kappa shape index (κ2) is 9.40. The fourth-order valence-corrected chi connectivity index (χ4v) is 4.16. The molecule has 2 amide bonds. The van der Waals surface area contributed by atoms with E-state index in [-0.39, 0.29) is 24.1 Å². The lowest BCUT2D eigenvalue weighted by Crippen LogP contribution is -2.33. The number of hydrogen-bond donors (Lipinski definition) is 1. The van der Waals surface area contributed by atoms with Gasteiger partial charge in [0.1, 0.15) is 12.4 Å². The summed E-state index contributed by atoms with van der Waals surface area (Å²) < 4.78 is 14.3. The van der Waals surface area contributed by atoms with E-state index >= 15 is 0 Å². The lowest BCUT2D eigenvalue weighted by Gasteiger charge is -2.26. The van der Waals surface area contributed by atoms with Crippen molar-refractivity contribution in [2.45, 2.75) is 39.3 Å². The third-order valence-electron chi connectivity index (χ3n) is 6.10. The van der Waals surface area contributed by atoms with Crippen LogP contribution < -0.4 is 10.9 Å². The maximum absolute atomic E-state index is 13.3. The number of carbonyl (C=O) groups excluding carboxylic acids is 2. The van der Waals surface area contributed by atoms with Crippen LogP contribution in [0.3, 0.4) is 0 Å². The third kappa shape index (κ3) is 5.03. The van der Waals surface area contributed by atoms with Crippen molar-refractivity contribution >= 4 is 17.5 Å². The van der Waals surface area contributed by atoms with Gasteiger partial charge in [-0.1, -0.05) is 18.2 Å². The van der Waals surface area contributed by atoms with Gasteiger partial charge in [-0.3, -0.25) is 14.4 Å². The predicted molar refractivity (Wildman–Crippen MR) is 125 cm³/mol. The number of nitrogens with one attached hydrogen (secondary N) is 1.